The van der Waals surface area contributed by atoms with E-state index in [0.717, 1.165) is 11.3 Å². The summed E-state index contributed by atoms with van der Waals surface area (Å²) in [5.41, 5.74) is 1.55. The number of benzene rings is 2. The molecule has 0 radical (unpaired) electrons. The number of hydrogen-bond acceptors (Lipinski definition) is 7. The van der Waals surface area contributed by atoms with E-state index in [9.17, 15) is 14.9 Å². The van der Waals surface area contributed by atoms with Crippen LogP contribution in [0.25, 0.3) is 11.4 Å². The van der Waals surface area contributed by atoms with Gasteiger partial charge in [0.2, 0.25) is 17.6 Å². The zero-order chi connectivity index (χ0) is 20.8. The van der Waals surface area contributed by atoms with Gasteiger partial charge < -0.3 is 14.6 Å². The summed E-state index contributed by atoms with van der Waals surface area (Å²) < 4.78 is 10.6. The van der Waals surface area contributed by atoms with Gasteiger partial charge in [-0.05, 0) is 44.2 Å². The molecule has 0 fully saturated rings. The number of ether oxygens (including phenoxy) is 1. The van der Waals surface area contributed by atoms with Crippen molar-refractivity contribution < 1.29 is 19.0 Å². The first-order chi connectivity index (χ1) is 14.0. The van der Waals surface area contributed by atoms with Crippen molar-refractivity contribution in [2.75, 3.05) is 11.9 Å². The van der Waals surface area contributed by atoms with Crippen molar-refractivity contribution in [2.24, 2.45) is 0 Å². The fourth-order valence-electron chi connectivity index (χ4n) is 2.73. The Kier molecular flexibility index (Phi) is 6.18. The third kappa shape index (κ3) is 4.95. The van der Waals surface area contributed by atoms with Crippen LogP contribution in [-0.4, -0.2) is 27.6 Å². The van der Waals surface area contributed by atoms with E-state index >= 15 is 0 Å². The molecular weight excluding hydrogens is 376 g/mol. The topological polar surface area (TPSA) is 120 Å². The van der Waals surface area contributed by atoms with Gasteiger partial charge in [0, 0.05) is 24.5 Å². The monoisotopic (exact) mass is 396 g/mol. The number of aryl methyl sites for hydroxylation is 1. The van der Waals surface area contributed by atoms with E-state index in [1.165, 1.54) is 12.1 Å². The predicted octanol–water partition coefficient (Wildman–Crippen LogP) is 3.92. The lowest BCUT2D eigenvalue weighted by atomic mass is 10.1. The number of nitro groups is 1. The minimum absolute atomic E-state index is 0.0419. The summed E-state index contributed by atoms with van der Waals surface area (Å²) in [6.45, 7) is 4.09. The highest BCUT2D eigenvalue weighted by molar-refractivity contribution is 5.92. The lowest BCUT2D eigenvalue weighted by Crippen LogP contribution is -2.13. The third-order valence-electron chi connectivity index (χ3n) is 4.23. The van der Waals surface area contributed by atoms with Crippen LogP contribution in [0.4, 0.5) is 11.4 Å². The van der Waals surface area contributed by atoms with Gasteiger partial charge in [-0.2, -0.15) is 4.98 Å². The summed E-state index contributed by atoms with van der Waals surface area (Å²) in [4.78, 5) is 27.0. The van der Waals surface area contributed by atoms with Crippen molar-refractivity contribution in [3.8, 4) is 17.1 Å². The minimum atomic E-state index is -0.480. The van der Waals surface area contributed by atoms with Gasteiger partial charge >= 0.3 is 0 Å². The zero-order valence-electron chi connectivity index (χ0n) is 16.0. The quantitative estimate of drug-likeness (QED) is 0.452. The van der Waals surface area contributed by atoms with Gasteiger partial charge in [-0.15, -0.1) is 0 Å². The van der Waals surface area contributed by atoms with Crippen molar-refractivity contribution in [2.45, 2.75) is 26.7 Å². The molecule has 0 bridgehead atoms. The Morgan fingerprint density at radius 2 is 2.00 bits per heavy atom. The van der Waals surface area contributed by atoms with Gasteiger partial charge in [-0.1, -0.05) is 11.2 Å². The zero-order valence-corrected chi connectivity index (χ0v) is 16.0. The number of nitro benzene ring substituents is 1. The van der Waals surface area contributed by atoms with Crippen LogP contribution in [0.15, 0.2) is 47.0 Å². The first kappa shape index (κ1) is 20.0. The van der Waals surface area contributed by atoms with E-state index < -0.39 is 4.92 Å². The van der Waals surface area contributed by atoms with Gasteiger partial charge in [0.05, 0.1) is 22.8 Å². The summed E-state index contributed by atoms with van der Waals surface area (Å²) in [5.74, 6) is 1.22. The summed E-state index contributed by atoms with van der Waals surface area (Å²) >= 11 is 0. The minimum Gasteiger partial charge on any atom is -0.494 e. The Bertz CT molecular complexity index is 1010. The van der Waals surface area contributed by atoms with Crippen LogP contribution in [0.2, 0.25) is 0 Å². The van der Waals surface area contributed by atoms with Gasteiger partial charge in [0.25, 0.3) is 5.69 Å². The van der Waals surface area contributed by atoms with Gasteiger partial charge in [0.1, 0.15) is 5.75 Å². The Balaban J connectivity index is 1.59. The second-order valence-corrected chi connectivity index (χ2v) is 6.22. The van der Waals surface area contributed by atoms with Crippen molar-refractivity contribution in [3.63, 3.8) is 0 Å². The molecule has 1 amide bonds. The van der Waals surface area contributed by atoms with Crippen LogP contribution in [0.5, 0.6) is 5.75 Å². The van der Waals surface area contributed by atoms with Gasteiger partial charge in [-0.3, -0.25) is 14.9 Å². The molecule has 0 saturated heterocycles. The molecule has 0 spiro atoms. The normalized spacial score (nSPS) is 10.6. The predicted molar refractivity (Wildman–Crippen MR) is 106 cm³/mol. The van der Waals surface area contributed by atoms with Crippen LogP contribution >= 0.6 is 0 Å². The summed E-state index contributed by atoms with van der Waals surface area (Å²) in [5, 5.41) is 17.6. The lowest BCUT2D eigenvalue weighted by Gasteiger charge is -2.07. The lowest BCUT2D eigenvalue weighted by molar-refractivity contribution is -0.385. The molecule has 0 aliphatic heterocycles. The second kappa shape index (κ2) is 8.96. The molecule has 1 heterocycles. The molecule has 0 aliphatic carbocycles. The van der Waals surface area contributed by atoms with E-state index in [1.54, 1.807) is 13.0 Å². The molecule has 1 aromatic heterocycles. The number of anilines is 1. The second-order valence-electron chi connectivity index (χ2n) is 6.22. The Labute approximate surface area is 166 Å². The summed E-state index contributed by atoms with van der Waals surface area (Å²) in [7, 11) is 0. The van der Waals surface area contributed by atoms with Crippen LogP contribution in [0.3, 0.4) is 0 Å². The van der Waals surface area contributed by atoms with Crippen molar-refractivity contribution in [1.29, 1.82) is 0 Å². The number of carbonyl (C=O) groups excluding carboxylic acids is 1. The molecule has 150 valence electrons. The molecule has 29 heavy (non-hydrogen) atoms. The van der Waals surface area contributed by atoms with E-state index in [0.29, 0.717) is 29.6 Å². The van der Waals surface area contributed by atoms with E-state index in [4.69, 9.17) is 9.26 Å². The first-order valence-electron chi connectivity index (χ1n) is 9.07. The fraction of sp³-hybridized carbons (Fsp3) is 0.250. The highest BCUT2D eigenvalue weighted by Crippen LogP contribution is 2.25. The van der Waals surface area contributed by atoms with E-state index in [-0.39, 0.29) is 24.4 Å². The molecule has 0 aliphatic rings. The largest absolute Gasteiger partial charge is 0.494 e. The van der Waals surface area contributed by atoms with Crippen molar-refractivity contribution >= 4 is 17.3 Å². The smallest absolute Gasteiger partial charge is 0.274 e. The van der Waals surface area contributed by atoms with Crippen LogP contribution in [0, 0.1) is 17.0 Å². The van der Waals surface area contributed by atoms with Gasteiger partial charge in [0.15, 0.2) is 0 Å². The Morgan fingerprint density at radius 3 is 2.69 bits per heavy atom. The number of hydrogen-bond donors (Lipinski definition) is 1. The maximum Gasteiger partial charge on any atom is 0.274 e. The SMILES string of the molecule is CCOc1ccc(-c2noc(CCC(=O)Nc3cccc([N+](=O)[O-])c3C)n2)cc1. The first-order valence-corrected chi connectivity index (χ1v) is 9.07. The number of aromatic nitrogens is 2. The molecule has 0 atom stereocenters. The number of rotatable bonds is 8. The molecule has 0 unspecified atom stereocenters. The highest BCUT2D eigenvalue weighted by Gasteiger charge is 2.16. The summed E-state index contributed by atoms with van der Waals surface area (Å²) in [6, 6.07) is 11.9. The van der Waals surface area contributed by atoms with Crippen LogP contribution < -0.4 is 10.1 Å². The average molecular weight is 396 g/mol. The highest BCUT2D eigenvalue weighted by atomic mass is 16.6. The molecular formula is C20H20N4O5. The average Bonchev–Trinajstić information content (AvgIpc) is 3.18. The number of nitrogens with zero attached hydrogens (tertiary/aromatic N) is 3. The molecule has 1 N–H and O–H groups in total. The van der Waals surface area contributed by atoms with E-state index in [1.807, 2.05) is 31.2 Å². The number of carbonyl (C=O) groups is 1. The summed E-state index contributed by atoms with van der Waals surface area (Å²) in [6.07, 6.45) is 0.358. The molecule has 0 saturated carbocycles. The number of amides is 1. The molecule has 2 aromatic carbocycles. The molecule has 9 nitrogen and oxygen atoms in total. The standard InChI is InChI=1S/C20H20N4O5/c1-3-28-15-9-7-14(8-10-15)20-22-19(29-23-20)12-11-18(25)21-16-5-4-6-17(13(16)2)24(26)27/h4-10H,3,11-12H2,1-2H3,(H,21,25). The molecule has 3 aromatic rings. The van der Waals surface area contributed by atoms with E-state index in [2.05, 4.69) is 15.5 Å². The fourth-order valence-corrected chi connectivity index (χ4v) is 2.73. The molecule has 9 heteroatoms. The van der Waals surface area contributed by atoms with Gasteiger partial charge in [-0.25, -0.2) is 0 Å². The Hall–Kier alpha value is -3.75. The van der Waals surface area contributed by atoms with Crippen LogP contribution in [-0.2, 0) is 11.2 Å². The Morgan fingerprint density at radius 1 is 1.24 bits per heavy atom. The number of nitrogens with one attached hydrogen (secondary N) is 1. The van der Waals surface area contributed by atoms with Crippen molar-refractivity contribution in [1.82, 2.24) is 10.1 Å². The molecule has 3 rings (SSSR count). The third-order valence-corrected chi connectivity index (χ3v) is 4.23. The van der Waals surface area contributed by atoms with Crippen LogP contribution in [0.1, 0.15) is 24.8 Å². The maximum absolute atomic E-state index is 12.2. The maximum atomic E-state index is 12.2. The van der Waals surface area contributed by atoms with Crippen molar-refractivity contribution in [3.05, 3.63) is 64.0 Å².